The zero-order valence-corrected chi connectivity index (χ0v) is 23.2. The standard InChI is InChI=1S/C28H28IN3O6/c1-3-4-15-37-21-12-10-20(11-13-21)28(35)38-24-14-9-19(16-25(24)36-2)17-31-32-26(33)18-30-27(34)22-7-5-6-8-23(22)29/h5-14,16-17H,3-4,15,18H2,1-2H3,(H,30,34)(H,32,33)/b31-17-. The SMILES string of the molecule is CCCCOc1ccc(C(=O)Oc2ccc(/C=N\NC(=O)CNC(=O)c3ccccc3I)cc2OC)cc1. The zero-order valence-electron chi connectivity index (χ0n) is 21.0. The van der Waals surface area contributed by atoms with Gasteiger partial charge in [0.25, 0.3) is 11.8 Å². The van der Waals surface area contributed by atoms with Crippen LogP contribution in [0.25, 0.3) is 0 Å². The summed E-state index contributed by atoms with van der Waals surface area (Å²) in [4.78, 5) is 36.8. The molecule has 2 N–H and O–H groups in total. The van der Waals surface area contributed by atoms with Crippen LogP contribution in [0.2, 0.25) is 0 Å². The van der Waals surface area contributed by atoms with E-state index in [2.05, 4.69) is 45.4 Å². The second kappa shape index (κ2) is 14.7. The topological polar surface area (TPSA) is 115 Å². The summed E-state index contributed by atoms with van der Waals surface area (Å²) in [7, 11) is 1.45. The molecule has 0 spiro atoms. The fourth-order valence-electron chi connectivity index (χ4n) is 3.15. The Bertz CT molecular complexity index is 1290. The quantitative estimate of drug-likeness (QED) is 0.0758. The number of hydrogen-bond acceptors (Lipinski definition) is 7. The molecule has 0 atom stereocenters. The third kappa shape index (κ3) is 8.58. The molecule has 0 saturated carbocycles. The van der Waals surface area contributed by atoms with Gasteiger partial charge in [-0.15, -0.1) is 0 Å². The van der Waals surface area contributed by atoms with Crippen LogP contribution >= 0.6 is 22.6 Å². The largest absolute Gasteiger partial charge is 0.494 e. The maximum absolute atomic E-state index is 12.6. The fraction of sp³-hybridized carbons (Fsp3) is 0.214. The maximum Gasteiger partial charge on any atom is 0.343 e. The van der Waals surface area contributed by atoms with E-state index in [9.17, 15) is 14.4 Å². The Morgan fingerprint density at radius 3 is 2.47 bits per heavy atom. The summed E-state index contributed by atoms with van der Waals surface area (Å²) in [6.07, 6.45) is 3.41. The van der Waals surface area contributed by atoms with E-state index in [0.29, 0.717) is 34.8 Å². The summed E-state index contributed by atoms with van der Waals surface area (Å²) in [5, 5.41) is 6.46. The van der Waals surface area contributed by atoms with Crippen molar-refractivity contribution in [1.82, 2.24) is 10.7 Å². The van der Waals surface area contributed by atoms with Gasteiger partial charge in [0.1, 0.15) is 5.75 Å². The molecule has 0 radical (unpaired) electrons. The average molecular weight is 629 g/mol. The van der Waals surface area contributed by atoms with E-state index in [1.165, 1.54) is 13.3 Å². The smallest absolute Gasteiger partial charge is 0.343 e. The molecule has 0 unspecified atom stereocenters. The van der Waals surface area contributed by atoms with Crippen LogP contribution in [0.5, 0.6) is 17.2 Å². The van der Waals surface area contributed by atoms with E-state index in [-0.39, 0.29) is 18.2 Å². The number of hydrazone groups is 1. The minimum absolute atomic E-state index is 0.231. The van der Waals surface area contributed by atoms with Crippen molar-refractivity contribution in [2.75, 3.05) is 20.3 Å². The van der Waals surface area contributed by atoms with Gasteiger partial charge in [0.15, 0.2) is 11.5 Å². The molecule has 38 heavy (non-hydrogen) atoms. The van der Waals surface area contributed by atoms with Crippen LogP contribution in [0.15, 0.2) is 71.8 Å². The third-order valence-corrected chi connectivity index (χ3v) is 6.12. The summed E-state index contributed by atoms with van der Waals surface area (Å²) < 4.78 is 17.2. The summed E-state index contributed by atoms with van der Waals surface area (Å²) in [5.41, 5.74) is 3.82. The van der Waals surface area contributed by atoms with Gasteiger partial charge < -0.3 is 19.5 Å². The normalized spacial score (nSPS) is 10.6. The van der Waals surface area contributed by atoms with Gasteiger partial charge in [-0.25, -0.2) is 10.2 Å². The van der Waals surface area contributed by atoms with E-state index >= 15 is 0 Å². The zero-order chi connectivity index (χ0) is 27.3. The predicted molar refractivity (Wildman–Crippen MR) is 152 cm³/mol. The van der Waals surface area contributed by atoms with Crippen LogP contribution in [0.3, 0.4) is 0 Å². The van der Waals surface area contributed by atoms with Crippen molar-refractivity contribution >= 4 is 46.6 Å². The molecule has 0 aliphatic carbocycles. The molecule has 0 bridgehead atoms. The number of rotatable bonds is 12. The van der Waals surface area contributed by atoms with Gasteiger partial charge in [0.05, 0.1) is 37.6 Å². The van der Waals surface area contributed by atoms with Gasteiger partial charge >= 0.3 is 5.97 Å². The number of unbranched alkanes of at least 4 members (excludes halogenated alkanes) is 1. The molecule has 3 aromatic carbocycles. The number of methoxy groups -OCH3 is 1. The second-order valence-electron chi connectivity index (χ2n) is 7.98. The van der Waals surface area contributed by atoms with Crippen LogP contribution in [-0.4, -0.2) is 44.3 Å². The van der Waals surface area contributed by atoms with E-state index in [1.54, 1.807) is 54.6 Å². The summed E-state index contributed by atoms with van der Waals surface area (Å²) in [6.45, 7) is 2.48. The highest BCUT2D eigenvalue weighted by Gasteiger charge is 2.14. The van der Waals surface area contributed by atoms with E-state index in [4.69, 9.17) is 14.2 Å². The van der Waals surface area contributed by atoms with Crippen LogP contribution < -0.4 is 25.0 Å². The number of halogens is 1. The van der Waals surface area contributed by atoms with Crippen molar-refractivity contribution < 1.29 is 28.6 Å². The molecule has 10 heteroatoms. The molecule has 0 aromatic heterocycles. The Labute approximate surface area is 234 Å². The molecule has 0 aliphatic rings. The van der Waals surface area contributed by atoms with Crippen molar-refractivity contribution in [3.63, 3.8) is 0 Å². The molecule has 0 fully saturated rings. The number of carbonyl (C=O) groups is 3. The third-order valence-electron chi connectivity index (χ3n) is 5.18. The van der Waals surface area contributed by atoms with E-state index in [1.807, 2.05) is 12.1 Å². The highest BCUT2D eigenvalue weighted by atomic mass is 127. The molecule has 3 rings (SSSR count). The van der Waals surface area contributed by atoms with Crippen LogP contribution in [0, 0.1) is 3.57 Å². The summed E-state index contributed by atoms with van der Waals surface area (Å²) >= 11 is 2.06. The van der Waals surface area contributed by atoms with Crippen molar-refractivity contribution in [3.8, 4) is 17.2 Å². The van der Waals surface area contributed by atoms with E-state index in [0.717, 1.165) is 16.4 Å². The number of benzene rings is 3. The lowest BCUT2D eigenvalue weighted by molar-refractivity contribution is -0.120. The lowest BCUT2D eigenvalue weighted by atomic mass is 10.2. The van der Waals surface area contributed by atoms with Gasteiger partial charge in [-0.3, -0.25) is 9.59 Å². The molecular weight excluding hydrogens is 601 g/mol. The Morgan fingerprint density at radius 2 is 1.76 bits per heavy atom. The average Bonchev–Trinajstić information content (AvgIpc) is 2.93. The van der Waals surface area contributed by atoms with Gasteiger partial charge in [0.2, 0.25) is 0 Å². The maximum atomic E-state index is 12.6. The molecular formula is C28H28IN3O6. The molecule has 0 aliphatic heterocycles. The van der Waals surface area contributed by atoms with Gasteiger partial charge in [-0.2, -0.15) is 5.10 Å². The first-order valence-corrected chi connectivity index (χ1v) is 13.0. The minimum atomic E-state index is -0.538. The number of ether oxygens (including phenoxy) is 3. The molecule has 198 valence electrons. The minimum Gasteiger partial charge on any atom is -0.494 e. The Hall–Kier alpha value is -3.93. The lowest BCUT2D eigenvalue weighted by Crippen LogP contribution is -2.35. The summed E-state index contributed by atoms with van der Waals surface area (Å²) in [5.74, 6) is -0.126. The molecule has 9 nitrogen and oxygen atoms in total. The van der Waals surface area contributed by atoms with Gasteiger partial charge in [-0.05, 0) is 89.2 Å². The molecule has 2 amide bonds. The Balaban J connectivity index is 1.52. The van der Waals surface area contributed by atoms with Crippen molar-refractivity contribution in [2.24, 2.45) is 5.10 Å². The van der Waals surface area contributed by atoms with Gasteiger partial charge in [-0.1, -0.05) is 25.5 Å². The first-order chi connectivity index (χ1) is 18.4. The molecule has 0 heterocycles. The van der Waals surface area contributed by atoms with Crippen LogP contribution in [-0.2, 0) is 4.79 Å². The number of nitrogens with zero attached hydrogens (tertiary/aromatic N) is 1. The lowest BCUT2D eigenvalue weighted by Gasteiger charge is -2.10. The van der Waals surface area contributed by atoms with Crippen molar-refractivity contribution in [1.29, 1.82) is 0 Å². The van der Waals surface area contributed by atoms with Crippen molar-refractivity contribution in [2.45, 2.75) is 19.8 Å². The number of amides is 2. The summed E-state index contributed by atoms with van der Waals surface area (Å²) in [6, 6.07) is 18.7. The molecule has 0 saturated heterocycles. The number of hydrogen-bond donors (Lipinski definition) is 2. The first-order valence-electron chi connectivity index (χ1n) is 11.9. The van der Waals surface area contributed by atoms with Crippen LogP contribution in [0.1, 0.15) is 46.0 Å². The first kappa shape index (κ1) is 28.6. The fourth-order valence-corrected chi connectivity index (χ4v) is 3.78. The van der Waals surface area contributed by atoms with Crippen LogP contribution in [0.4, 0.5) is 0 Å². The van der Waals surface area contributed by atoms with Crippen molar-refractivity contribution in [3.05, 3.63) is 87.0 Å². The highest BCUT2D eigenvalue weighted by Crippen LogP contribution is 2.28. The number of carbonyl (C=O) groups excluding carboxylic acids is 3. The highest BCUT2D eigenvalue weighted by molar-refractivity contribution is 14.1. The predicted octanol–water partition coefficient (Wildman–Crippen LogP) is 4.58. The second-order valence-corrected chi connectivity index (χ2v) is 9.14. The monoisotopic (exact) mass is 629 g/mol. The number of esters is 1. The Morgan fingerprint density at radius 1 is 1.00 bits per heavy atom. The number of nitrogens with one attached hydrogen (secondary N) is 2. The Kier molecular flexibility index (Phi) is 11.1. The van der Waals surface area contributed by atoms with E-state index < -0.39 is 11.9 Å². The molecule has 3 aromatic rings. The van der Waals surface area contributed by atoms with Gasteiger partial charge in [0, 0.05) is 3.57 Å².